The molecule has 0 atom stereocenters. The number of benzene rings is 2. The molecule has 4 nitrogen and oxygen atoms in total. The Bertz CT molecular complexity index is 1070. The molecule has 0 aliphatic carbocycles. The van der Waals surface area contributed by atoms with Crippen LogP contribution in [0.15, 0.2) is 63.4 Å². The zero-order chi connectivity index (χ0) is 20.2. The lowest BCUT2D eigenvalue weighted by molar-refractivity contribution is -0.127. The Labute approximate surface area is 181 Å². The average molecular weight is 474 g/mol. The van der Waals surface area contributed by atoms with Crippen LogP contribution in [0.4, 0.5) is 10.1 Å². The quantitative estimate of drug-likeness (QED) is 0.474. The number of hydrogen-bond donors (Lipinski definition) is 0. The van der Waals surface area contributed by atoms with Gasteiger partial charge in [-0.05, 0) is 43.2 Å². The van der Waals surface area contributed by atoms with Gasteiger partial charge in [-0.1, -0.05) is 34.1 Å². The van der Waals surface area contributed by atoms with Gasteiger partial charge in [0.1, 0.15) is 5.82 Å². The molecule has 1 aliphatic rings. The van der Waals surface area contributed by atoms with Crippen LogP contribution in [-0.4, -0.2) is 28.5 Å². The fourth-order valence-corrected chi connectivity index (χ4v) is 4.94. The SMILES string of the molecule is O=C1CCCN1CCCn1c(-c2ccccc2Br)csc1=Nc1ccc(F)cc1. The minimum atomic E-state index is -0.271. The predicted molar refractivity (Wildman–Crippen MR) is 117 cm³/mol. The van der Waals surface area contributed by atoms with Crippen molar-refractivity contribution in [3.05, 3.63) is 69.0 Å². The second kappa shape index (κ2) is 9.05. The predicted octanol–water partition coefficient (Wildman–Crippen LogP) is 5.36. The van der Waals surface area contributed by atoms with E-state index in [0.717, 1.165) is 58.7 Å². The van der Waals surface area contributed by atoms with E-state index >= 15 is 0 Å². The first kappa shape index (κ1) is 20.0. The molecule has 3 aromatic rings. The highest BCUT2D eigenvalue weighted by molar-refractivity contribution is 9.10. The number of thiazole rings is 1. The maximum Gasteiger partial charge on any atom is 0.222 e. The van der Waals surface area contributed by atoms with Crippen molar-refractivity contribution in [3.8, 4) is 11.3 Å². The summed E-state index contributed by atoms with van der Waals surface area (Å²) in [5.41, 5.74) is 2.90. The van der Waals surface area contributed by atoms with E-state index in [1.165, 1.54) is 12.1 Å². The smallest absolute Gasteiger partial charge is 0.222 e. The van der Waals surface area contributed by atoms with E-state index in [2.05, 4.69) is 31.9 Å². The van der Waals surface area contributed by atoms with Crippen LogP contribution in [-0.2, 0) is 11.3 Å². The van der Waals surface area contributed by atoms with Gasteiger partial charge in [-0.15, -0.1) is 11.3 Å². The van der Waals surface area contributed by atoms with Crippen LogP contribution >= 0.6 is 27.3 Å². The fourth-order valence-electron chi connectivity index (χ4n) is 3.51. The number of aromatic nitrogens is 1. The lowest BCUT2D eigenvalue weighted by Gasteiger charge is -2.16. The van der Waals surface area contributed by atoms with Gasteiger partial charge < -0.3 is 9.47 Å². The molecule has 0 bridgehead atoms. The van der Waals surface area contributed by atoms with Crippen molar-refractivity contribution in [3.63, 3.8) is 0 Å². The Kier molecular flexibility index (Phi) is 6.25. The molecule has 1 fully saturated rings. The van der Waals surface area contributed by atoms with Gasteiger partial charge in [-0.25, -0.2) is 9.38 Å². The summed E-state index contributed by atoms with van der Waals surface area (Å²) in [6, 6.07) is 14.3. The Morgan fingerprint density at radius 2 is 1.90 bits per heavy atom. The Balaban J connectivity index is 1.66. The van der Waals surface area contributed by atoms with Crippen molar-refractivity contribution in [2.24, 2.45) is 4.99 Å². The van der Waals surface area contributed by atoms with Crippen LogP contribution in [0.25, 0.3) is 11.3 Å². The van der Waals surface area contributed by atoms with Gasteiger partial charge in [0.05, 0.1) is 11.4 Å². The first-order chi connectivity index (χ1) is 14.1. The van der Waals surface area contributed by atoms with Gasteiger partial charge in [0.2, 0.25) is 5.91 Å². The normalized spacial score (nSPS) is 14.8. The summed E-state index contributed by atoms with van der Waals surface area (Å²) >= 11 is 5.21. The molecule has 1 amide bonds. The Morgan fingerprint density at radius 3 is 2.62 bits per heavy atom. The highest BCUT2D eigenvalue weighted by Crippen LogP contribution is 2.29. The highest BCUT2D eigenvalue weighted by Gasteiger charge is 2.19. The van der Waals surface area contributed by atoms with E-state index < -0.39 is 0 Å². The maximum absolute atomic E-state index is 13.2. The van der Waals surface area contributed by atoms with E-state index in [9.17, 15) is 9.18 Å². The molecule has 150 valence electrons. The summed E-state index contributed by atoms with van der Waals surface area (Å²) in [7, 11) is 0. The lowest BCUT2D eigenvalue weighted by atomic mass is 10.2. The molecule has 0 N–H and O–H groups in total. The van der Waals surface area contributed by atoms with Gasteiger partial charge in [-0.2, -0.15) is 0 Å². The molecular weight excluding hydrogens is 453 g/mol. The van der Waals surface area contributed by atoms with Crippen molar-refractivity contribution in [1.29, 1.82) is 0 Å². The van der Waals surface area contributed by atoms with E-state index in [-0.39, 0.29) is 11.7 Å². The second-order valence-corrected chi connectivity index (χ2v) is 8.65. The number of rotatable bonds is 6. The molecule has 0 unspecified atom stereocenters. The molecule has 0 radical (unpaired) electrons. The number of likely N-dealkylation sites (tertiary alicyclic amines) is 1. The van der Waals surface area contributed by atoms with Crippen molar-refractivity contribution in [1.82, 2.24) is 9.47 Å². The van der Waals surface area contributed by atoms with Gasteiger partial charge >= 0.3 is 0 Å². The van der Waals surface area contributed by atoms with E-state index in [1.54, 1.807) is 23.5 Å². The third kappa shape index (κ3) is 4.67. The first-order valence-electron chi connectivity index (χ1n) is 9.63. The number of nitrogens with zero attached hydrogens (tertiary/aromatic N) is 3. The lowest BCUT2D eigenvalue weighted by Crippen LogP contribution is -2.27. The third-order valence-corrected chi connectivity index (χ3v) is 6.54. The van der Waals surface area contributed by atoms with Crippen LogP contribution in [0, 0.1) is 5.82 Å². The zero-order valence-corrected chi connectivity index (χ0v) is 18.3. The molecule has 29 heavy (non-hydrogen) atoms. The molecule has 0 spiro atoms. The summed E-state index contributed by atoms with van der Waals surface area (Å²) in [6.45, 7) is 2.37. The molecule has 7 heteroatoms. The van der Waals surface area contributed by atoms with Crippen molar-refractivity contribution in [2.75, 3.05) is 13.1 Å². The summed E-state index contributed by atoms with van der Waals surface area (Å²) in [5.74, 6) is -0.0187. The maximum atomic E-state index is 13.2. The van der Waals surface area contributed by atoms with Crippen LogP contribution < -0.4 is 4.80 Å². The molecule has 4 rings (SSSR count). The Hall–Kier alpha value is -2.25. The summed E-state index contributed by atoms with van der Waals surface area (Å²) < 4.78 is 16.5. The number of carbonyl (C=O) groups excluding carboxylic acids is 1. The summed E-state index contributed by atoms with van der Waals surface area (Å²) in [5, 5.41) is 2.10. The van der Waals surface area contributed by atoms with Gasteiger partial charge in [0.15, 0.2) is 4.80 Å². The number of halogens is 2. The summed E-state index contributed by atoms with van der Waals surface area (Å²) in [6.07, 6.45) is 2.48. The molecule has 1 aliphatic heterocycles. The fraction of sp³-hybridized carbons (Fsp3) is 0.273. The van der Waals surface area contributed by atoms with Crippen LogP contribution in [0.5, 0.6) is 0 Å². The zero-order valence-electron chi connectivity index (χ0n) is 15.9. The molecule has 1 aromatic heterocycles. The van der Waals surface area contributed by atoms with Gasteiger partial charge in [0, 0.05) is 41.5 Å². The van der Waals surface area contributed by atoms with Crippen molar-refractivity contribution in [2.45, 2.75) is 25.8 Å². The first-order valence-corrected chi connectivity index (χ1v) is 11.3. The highest BCUT2D eigenvalue weighted by atomic mass is 79.9. The molecule has 2 heterocycles. The molecular formula is C22H21BrFN3OS. The minimum absolute atomic E-state index is 0.252. The van der Waals surface area contributed by atoms with Crippen LogP contribution in [0.1, 0.15) is 19.3 Å². The number of amides is 1. The van der Waals surface area contributed by atoms with Crippen LogP contribution in [0.3, 0.4) is 0 Å². The van der Waals surface area contributed by atoms with Gasteiger partial charge in [0.25, 0.3) is 0 Å². The molecule has 0 saturated carbocycles. The summed E-state index contributed by atoms with van der Waals surface area (Å²) in [4.78, 5) is 19.4. The molecule has 1 saturated heterocycles. The Morgan fingerprint density at radius 1 is 1.10 bits per heavy atom. The monoisotopic (exact) mass is 473 g/mol. The standard InChI is InChI=1S/C22H21BrFN3OS/c23-19-6-2-1-5-18(19)20-15-29-22(25-17-10-8-16(24)9-11-17)27(20)14-4-13-26-12-3-7-21(26)28/h1-2,5-6,8-11,15H,3-4,7,12-14H2. The van der Waals surface area contributed by atoms with Crippen molar-refractivity contribution >= 4 is 38.9 Å². The minimum Gasteiger partial charge on any atom is -0.343 e. The third-order valence-electron chi connectivity index (χ3n) is 4.98. The van der Waals surface area contributed by atoms with E-state index in [1.807, 2.05) is 23.1 Å². The number of hydrogen-bond acceptors (Lipinski definition) is 3. The van der Waals surface area contributed by atoms with E-state index in [0.29, 0.717) is 6.42 Å². The average Bonchev–Trinajstić information content (AvgIpc) is 3.31. The van der Waals surface area contributed by atoms with Gasteiger partial charge in [-0.3, -0.25) is 4.79 Å². The van der Waals surface area contributed by atoms with E-state index in [4.69, 9.17) is 4.99 Å². The van der Waals surface area contributed by atoms with Crippen molar-refractivity contribution < 1.29 is 9.18 Å². The molecule has 2 aromatic carbocycles. The topological polar surface area (TPSA) is 37.6 Å². The second-order valence-electron chi connectivity index (χ2n) is 6.96. The number of carbonyl (C=O) groups is 1. The van der Waals surface area contributed by atoms with Crippen LogP contribution in [0.2, 0.25) is 0 Å². The largest absolute Gasteiger partial charge is 0.343 e.